The fourth-order valence-electron chi connectivity index (χ4n) is 1.90. The number of ether oxygens (including phenoxy) is 2. The number of para-hydroxylation sites is 1. The molecule has 2 aromatic rings. The van der Waals surface area contributed by atoms with Crippen LogP contribution in [0, 0.1) is 0 Å². The zero-order valence-electron chi connectivity index (χ0n) is 11.8. The molecular weight excluding hydrogens is 252 g/mol. The third kappa shape index (κ3) is 3.38. The molecule has 0 fully saturated rings. The lowest BCUT2D eigenvalue weighted by Crippen LogP contribution is -2.00. The minimum absolute atomic E-state index is 0.0709. The Hall–Kier alpha value is -2.29. The molecule has 104 valence electrons. The second-order valence-electron chi connectivity index (χ2n) is 4.28. The number of carbonyl (C=O) groups excluding carboxylic acids is 1. The molecule has 0 aromatic heterocycles. The molecule has 0 saturated carbocycles. The van der Waals surface area contributed by atoms with Gasteiger partial charge in [0.1, 0.15) is 17.2 Å². The average molecular weight is 270 g/mol. The molecule has 3 nitrogen and oxygen atoms in total. The highest BCUT2D eigenvalue weighted by molar-refractivity contribution is 5.98. The molecule has 20 heavy (non-hydrogen) atoms. The highest BCUT2D eigenvalue weighted by Crippen LogP contribution is 2.28. The summed E-state index contributed by atoms with van der Waals surface area (Å²) in [5, 5.41) is 0. The number of hydrogen-bond donors (Lipinski definition) is 0. The van der Waals surface area contributed by atoms with Gasteiger partial charge in [0.05, 0.1) is 12.2 Å². The second-order valence-corrected chi connectivity index (χ2v) is 4.28. The molecule has 0 saturated heterocycles. The van der Waals surface area contributed by atoms with E-state index in [0.29, 0.717) is 30.1 Å². The first kappa shape index (κ1) is 14.1. The van der Waals surface area contributed by atoms with Gasteiger partial charge in [-0.1, -0.05) is 25.1 Å². The third-order valence-corrected chi connectivity index (χ3v) is 2.85. The van der Waals surface area contributed by atoms with Crippen LogP contribution in [-0.4, -0.2) is 12.4 Å². The predicted octanol–water partition coefficient (Wildman–Crippen LogP) is 4.47. The van der Waals surface area contributed by atoms with Crippen LogP contribution in [-0.2, 0) is 0 Å². The van der Waals surface area contributed by atoms with Crippen molar-refractivity contribution >= 4 is 5.78 Å². The molecule has 0 bridgehead atoms. The first-order valence-electron chi connectivity index (χ1n) is 6.77. The number of Topliss-reactive ketones (excluding diaryl/α,β-unsaturated/α-hetero) is 1. The van der Waals surface area contributed by atoms with E-state index < -0.39 is 0 Å². The smallest absolute Gasteiger partial charge is 0.166 e. The van der Waals surface area contributed by atoms with Crippen molar-refractivity contribution in [1.29, 1.82) is 0 Å². The minimum atomic E-state index is 0.0709. The van der Waals surface area contributed by atoms with Crippen molar-refractivity contribution in [2.75, 3.05) is 6.61 Å². The molecular formula is C17H18O3. The molecule has 0 aliphatic carbocycles. The van der Waals surface area contributed by atoms with Crippen molar-refractivity contribution in [2.24, 2.45) is 0 Å². The van der Waals surface area contributed by atoms with Crippen molar-refractivity contribution in [3.05, 3.63) is 54.1 Å². The summed E-state index contributed by atoms with van der Waals surface area (Å²) in [6.07, 6.45) is 0.458. The standard InChI is InChI=1S/C17H18O3/c1-3-16(18)15-10-5-6-11-17(15)20-14-9-7-8-13(12-14)19-4-2/h5-12H,3-4H2,1-2H3. The Labute approximate surface area is 119 Å². The SMILES string of the molecule is CCOc1cccc(Oc2ccccc2C(=O)CC)c1. The molecule has 0 spiro atoms. The molecule has 0 atom stereocenters. The van der Waals surface area contributed by atoms with E-state index in [1.807, 2.05) is 50.2 Å². The maximum Gasteiger partial charge on any atom is 0.166 e. The van der Waals surface area contributed by atoms with E-state index in [2.05, 4.69) is 0 Å². The lowest BCUT2D eigenvalue weighted by Gasteiger charge is -2.11. The van der Waals surface area contributed by atoms with Crippen molar-refractivity contribution < 1.29 is 14.3 Å². The maximum atomic E-state index is 11.9. The van der Waals surface area contributed by atoms with Gasteiger partial charge >= 0.3 is 0 Å². The van der Waals surface area contributed by atoms with Crippen molar-refractivity contribution in [2.45, 2.75) is 20.3 Å². The fourth-order valence-corrected chi connectivity index (χ4v) is 1.90. The molecule has 0 amide bonds. The summed E-state index contributed by atoms with van der Waals surface area (Å²) >= 11 is 0. The Morgan fingerprint density at radius 1 is 1.00 bits per heavy atom. The van der Waals surface area contributed by atoms with E-state index in [0.717, 1.165) is 5.75 Å². The average Bonchev–Trinajstić information content (AvgIpc) is 2.48. The van der Waals surface area contributed by atoms with E-state index >= 15 is 0 Å². The zero-order chi connectivity index (χ0) is 14.4. The largest absolute Gasteiger partial charge is 0.494 e. The summed E-state index contributed by atoms with van der Waals surface area (Å²) in [5.41, 5.74) is 0.608. The number of ketones is 1. The van der Waals surface area contributed by atoms with Crippen LogP contribution in [0.2, 0.25) is 0 Å². The maximum absolute atomic E-state index is 11.9. The van der Waals surface area contributed by atoms with Gasteiger partial charge in [0.2, 0.25) is 0 Å². The minimum Gasteiger partial charge on any atom is -0.494 e. The van der Waals surface area contributed by atoms with Gasteiger partial charge in [0.25, 0.3) is 0 Å². The first-order chi connectivity index (χ1) is 9.74. The molecule has 2 rings (SSSR count). The third-order valence-electron chi connectivity index (χ3n) is 2.85. The zero-order valence-corrected chi connectivity index (χ0v) is 11.8. The molecule has 3 heteroatoms. The molecule has 0 unspecified atom stereocenters. The Bertz CT molecular complexity index is 590. The Morgan fingerprint density at radius 3 is 2.50 bits per heavy atom. The van der Waals surface area contributed by atoms with E-state index in [1.165, 1.54) is 0 Å². The van der Waals surface area contributed by atoms with Crippen LogP contribution < -0.4 is 9.47 Å². The lowest BCUT2D eigenvalue weighted by atomic mass is 10.1. The normalized spacial score (nSPS) is 10.1. The van der Waals surface area contributed by atoms with E-state index in [4.69, 9.17) is 9.47 Å². The Balaban J connectivity index is 2.26. The van der Waals surface area contributed by atoms with Crippen LogP contribution in [0.1, 0.15) is 30.6 Å². The summed E-state index contributed by atoms with van der Waals surface area (Å²) in [7, 11) is 0. The summed E-state index contributed by atoms with van der Waals surface area (Å²) in [6.45, 7) is 4.38. The van der Waals surface area contributed by atoms with Crippen LogP contribution in [0.25, 0.3) is 0 Å². The highest BCUT2D eigenvalue weighted by atomic mass is 16.5. The van der Waals surface area contributed by atoms with Crippen LogP contribution in [0.4, 0.5) is 0 Å². The van der Waals surface area contributed by atoms with Crippen molar-refractivity contribution in [3.8, 4) is 17.2 Å². The molecule has 0 aliphatic heterocycles. The van der Waals surface area contributed by atoms with Gasteiger partial charge in [-0.05, 0) is 31.2 Å². The Morgan fingerprint density at radius 2 is 1.75 bits per heavy atom. The van der Waals surface area contributed by atoms with Gasteiger partial charge < -0.3 is 9.47 Å². The van der Waals surface area contributed by atoms with Gasteiger partial charge in [-0.3, -0.25) is 4.79 Å². The van der Waals surface area contributed by atoms with Crippen LogP contribution in [0.3, 0.4) is 0 Å². The van der Waals surface area contributed by atoms with Crippen LogP contribution >= 0.6 is 0 Å². The molecule has 0 heterocycles. The van der Waals surface area contributed by atoms with E-state index in [-0.39, 0.29) is 5.78 Å². The van der Waals surface area contributed by atoms with E-state index in [9.17, 15) is 4.79 Å². The quantitative estimate of drug-likeness (QED) is 0.726. The molecule has 0 radical (unpaired) electrons. The summed E-state index contributed by atoms with van der Waals surface area (Å²) in [4.78, 5) is 11.9. The fraction of sp³-hybridized carbons (Fsp3) is 0.235. The highest BCUT2D eigenvalue weighted by Gasteiger charge is 2.11. The van der Waals surface area contributed by atoms with Gasteiger partial charge in [0.15, 0.2) is 5.78 Å². The molecule has 2 aromatic carbocycles. The van der Waals surface area contributed by atoms with Crippen LogP contribution in [0.15, 0.2) is 48.5 Å². The summed E-state index contributed by atoms with van der Waals surface area (Å²) < 4.78 is 11.3. The van der Waals surface area contributed by atoms with Crippen LogP contribution in [0.5, 0.6) is 17.2 Å². The van der Waals surface area contributed by atoms with Gasteiger partial charge in [0, 0.05) is 12.5 Å². The molecule has 0 aliphatic rings. The Kier molecular flexibility index (Phi) is 4.77. The summed E-state index contributed by atoms with van der Waals surface area (Å²) in [5.74, 6) is 2.06. The second kappa shape index (κ2) is 6.75. The van der Waals surface area contributed by atoms with Crippen molar-refractivity contribution in [3.63, 3.8) is 0 Å². The lowest BCUT2D eigenvalue weighted by molar-refractivity contribution is 0.0986. The number of carbonyl (C=O) groups is 1. The molecule has 0 N–H and O–H groups in total. The predicted molar refractivity (Wildman–Crippen MR) is 78.7 cm³/mol. The monoisotopic (exact) mass is 270 g/mol. The van der Waals surface area contributed by atoms with E-state index in [1.54, 1.807) is 12.1 Å². The van der Waals surface area contributed by atoms with Crippen molar-refractivity contribution in [1.82, 2.24) is 0 Å². The number of hydrogen-bond acceptors (Lipinski definition) is 3. The number of rotatable bonds is 6. The van der Waals surface area contributed by atoms with Gasteiger partial charge in [-0.25, -0.2) is 0 Å². The first-order valence-corrected chi connectivity index (χ1v) is 6.77. The number of benzene rings is 2. The van der Waals surface area contributed by atoms with Gasteiger partial charge in [-0.2, -0.15) is 0 Å². The topological polar surface area (TPSA) is 35.5 Å². The van der Waals surface area contributed by atoms with Gasteiger partial charge in [-0.15, -0.1) is 0 Å². The summed E-state index contributed by atoms with van der Waals surface area (Å²) in [6, 6.07) is 14.7.